The molecule has 1 aliphatic heterocycles. The van der Waals surface area contributed by atoms with Crippen LogP contribution < -0.4 is 4.90 Å². The molecule has 1 saturated carbocycles. The summed E-state index contributed by atoms with van der Waals surface area (Å²) < 4.78 is 57.8. The van der Waals surface area contributed by atoms with Gasteiger partial charge in [0.05, 0.1) is 6.61 Å². The van der Waals surface area contributed by atoms with Crippen LogP contribution in [0.3, 0.4) is 0 Å². The molecule has 28 heavy (non-hydrogen) atoms. The molecule has 0 bridgehead atoms. The van der Waals surface area contributed by atoms with Gasteiger partial charge in [0, 0.05) is 37.8 Å². The quantitative estimate of drug-likeness (QED) is 0.536. The third-order valence-electron chi connectivity index (χ3n) is 5.94. The summed E-state index contributed by atoms with van der Waals surface area (Å²) in [5.74, 6) is -2.26. The number of nitrogens with zero attached hydrogens (tertiary/aromatic N) is 3. The number of ether oxygens (including phenoxy) is 1. The van der Waals surface area contributed by atoms with Gasteiger partial charge in [-0.15, -0.1) is 0 Å². The molecule has 1 aromatic heterocycles. The fourth-order valence-electron chi connectivity index (χ4n) is 4.56. The van der Waals surface area contributed by atoms with E-state index in [9.17, 15) is 22.0 Å². The maximum Gasteiger partial charge on any atom is 0.306 e. The van der Waals surface area contributed by atoms with Crippen LogP contribution in [0.15, 0.2) is 5.16 Å². The molecule has 3 atom stereocenters. The van der Waals surface area contributed by atoms with Crippen molar-refractivity contribution in [2.75, 3.05) is 30.9 Å². The monoisotopic (exact) mass is 415 g/mol. The molecule has 0 amide bonds. The third kappa shape index (κ3) is 3.35. The minimum atomic E-state index is -3.82. The second-order valence-corrected chi connectivity index (χ2v) is 9.80. The molecule has 4 rings (SSSR count). The SMILES string of the molecule is CCOC(=O)C[C@H]1[C@H]2CN(c3nc(S(C)(=O)=O)nc4c3CCCC4(F)F)C[C@@H]12. The van der Waals surface area contributed by atoms with Gasteiger partial charge in [-0.05, 0) is 37.5 Å². The van der Waals surface area contributed by atoms with Crippen LogP contribution in [0, 0.1) is 17.8 Å². The van der Waals surface area contributed by atoms with Gasteiger partial charge in [-0.3, -0.25) is 4.79 Å². The van der Waals surface area contributed by atoms with E-state index in [1.165, 1.54) is 0 Å². The van der Waals surface area contributed by atoms with Crippen molar-refractivity contribution in [2.45, 2.75) is 43.7 Å². The minimum Gasteiger partial charge on any atom is -0.466 e. The van der Waals surface area contributed by atoms with Gasteiger partial charge in [-0.25, -0.2) is 18.4 Å². The zero-order valence-electron chi connectivity index (χ0n) is 15.8. The molecule has 0 aromatic carbocycles. The lowest BCUT2D eigenvalue weighted by Crippen LogP contribution is -2.32. The Hall–Kier alpha value is -1.84. The maximum atomic E-state index is 14.4. The fourth-order valence-corrected chi connectivity index (χ4v) is 5.06. The molecule has 0 radical (unpaired) electrons. The number of piperidine rings is 1. The van der Waals surface area contributed by atoms with Crippen molar-refractivity contribution in [3.63, 3.8) is 0 Å². The molecule has 0 unspecified atom stereocenters. The van der Waals surface area contributed by atoms with Gasteiger partial charge in [-0.1, -0.05) is 0 Å². The van der Waals surface area contributed by atoms with E-state index >= 15 is 0 Å². The average Bonchev–Trinajstić information content (AvgIpc) is 3.03. The number of anilines is 1. The number of aromatic nitrogens is 2. The molecular weight excluding hydrogens is 392 g/mol. The second kappa shape index (κ2) is 6.60. The molecule has 154 valence electrons. The topological polar surface area (TPSA) is 89.5 Å². The fraction of sp³-hybridized carbons (Fsp3) is 0.722. The van der Waals surface area contributed by atoms with Crippen LogP contribution in [-0.4, -0.2) is 50.3 Å². The van der Waals surface area contributed by atoms with E-state index in [0.29, 0.717) is 50.3 Å². The summed E-state index contributed by atoms with van der Waals surface area (Å²) in [4.78, 5) is 21.5. The zero-order chi connectivity index (χ0) is 20.3. The Morgan fingerprint density at radius 2 is 1.96 bits per heavy atom. The Bertz CT molecular complexity index is 910. The molecular formula is C18H23F2N3O4S. The summed E-state index contributed by atoms with van der Waals surface area (Å²) in [6, 6.07) is 0. The van der Waals surface area contributed by atoms with E-state index in [0.717, 1.165) is 6.26 Å². The van der Waals surface area contributed by atoms with E-state index in [4.69, 9.17) is 4.74 Å². The van der Waals surface area contributed by atoms with Gasteiger partial charge in [0.2, 0.25) is 15.0 Å². The van der Waals surface area contributed by atoms with Crippen LogP contribution >= 0.6 is 0 Å². The molecule has 3 aliphatic rings. The van der Waals surface area contributed by atoms with Gasteiger partial charge in [-0.2, -0.15) is 8.78 Å². The predicted molar refractivity (Wildman–Crippen MR) is 95.9 cm³/mol. The van der Waals surface area contributed by atoms with Gasteiger partial charge in [0.15, 0.2) is 0 Å². The molecule has 2 fully saturated rings. The van der Waals surface area contributed by atoms with Gasteiger partial charge in [0.25, 0.3) is 5.92 Å². The molecule has 7 nitrogen and oxygen atoms in total. The number of hydrogen-bond donors (Lipinski definition) is 0. The van der Waals surface area contributed by atoms with Crippen LogP contribution in [0.2, 0.25) is 0 Å². The lowest BCUT2D eigenvalue weighted by Gasteiger charge is -2.30. The molecule has 1 saturated heterocycles. The Kier molecular flexibility index (Phi) is 4.59. The van der Waals surface area contributed by atoms with Crippen LogP contribution in [0.5, 0.6) is 0 Å². The first kappa shape index (κ1) is 19.5. The predicted octanol–water partition coefficient (Wildman–Crippen LogP) is 1.94. The molecule has 10 heteroatoms. The molecule has 2 aliphatic carbocycles. The number of carbonyl (C=O) groups excluding carboxylic acids is 1. The Morgan fingerprint density at radius 1 is 1.29 bits per heavy atom. The number of rotatable bonds is 5. The van der Waals surface area contributed by atoms with Crippen LogP contribution in [0.1, 0.15) is 37.4 Å². The van der Waals surface area contributed by atoms with E-state index < -0.39 is 26.6 Å². The molecule has 2 heterocycles. The Balaban J connectivity index is 1.61. The standard InChI is InChI=1S/C18H23F2N3O4S/c1-3-27-14(24)7-11-12-8-23(9-13(11)12)16-10-5-4-6-18(19,20)15(10)21-17(22-16)28(2,25)26/h11-13H,3-9H2,1-2H3/t11-,12+,13-. The van der Waals surface area contributed by atoms with E-state index in [1.807, 2.05) is 4.90 Å². The first-order chi connectivity index (χ1) is 13.1. The molecule has 0 spiro atoms. The third-order valence-corrected chi connectivity index (χ3v) is 6.78. The minimum absolute atomic E-state index is 0.216. The Morgan fingerprint density at radius 3 is 2.57 bits per heavy atom. The van der Waals surface area contributed by atoms with E-state index in [1.54, 1.807) is 6.92 Å². The highest BCUT2D eigenvalue weighted by Crippen LogP contribution is 2.55. The molecule has 0 N–H and O–H groups in total. The summed E-state index contributed by atoms with van der Waals surface area (Å²) >= 11 is 0. The van der Waals surface area contributed by atoms with Crippen molar-refractivity contribution in [3.05, 3.63) is 11.3 Å². The second-order valence-electron chi connectivity index (χ2n) is 7.89. The highest BCUT2D eigenvalue weighted by Gasteiger charge is 2.57. The number of fused-ring (bicyclic) bond motifs is 2. The first-order valence-electron chi connectivity index (χ1n) is 9.51. The number of esters is 1. The highest BCUT2D eigenvalue weighted by atomic mass is 32.2. The van der Waals surface area contributed by atoms with Crippen molar-refractivity contribution < 1.29 is 26.7 Å². The van der Waals surface area contributed by atoms with Gasteiger partial charge < -0.3 is 9.64 Å². The summed E-state index contributed by atoms with van der Waals surface area (Å²) in [5.41, 5.74) is -0.0975. The van der Waals surface area contributed by atoms with Gasteiger partial charge in [0.1, 0.15) is 11.5 Å². The van der Waals surface area contributed by atoms with Crippen LogP contribution in [0.25, 0.3) is 0 Å². The van der Waals surface area contributed by atoms with Crippen molar-refractivity contribution in [1.82, 2.24) is 9.97 Å². The number of halogens is 2. The first-order valence-corrected chi connectivity index (χ1v) is 11.4. The largest absolute Gasteiger partial charge is 0.466 e. The van der Waals surface area contributed by atoms with Crippen LogP contribution in [0.4, 0.5) is 14.6 Å². The highest BCUT2D eigenvalue weighted by molar-refractivity contribution is 7.90. The maximum absolute atomic E-state index is 14.4. The lowest BCUT2D eigenvalue weighted by molar-refractivity contribution is -0.143. The van der Waals surface area contributed by atoms with Crippen molar-refractivity contribution in [2.24, 2.45) is 17.8 Å². The summed E-state index contributed by atoms with van der Waals surface area (Å²) in [5, 5.41) is -0.550. The van der Waals surface area contributed by atoms with Crippen molar-refractivity contribution in [1.29, 1.82) is 0 Å². The van der Waals surface area contributed by atoms with Gasteiger partial charge >= 0.3 is 5.97 Å². The number of sulfone groups is 1. The van der Waals surface area contributed by atoms with Crippen molar-refractivity contribution >= 4 is 21.6 Å². The summed E-state index contributed by atoms with van der Waals surface area (Å²) in [7, 11) is -3.82. The molecule has 1 aromatic rings. The lowest BCUT2D eigenvalue weighted by atomic mass is 9.93. The zero-order valence-corrected chi connectivity index (χ0v) is 16.6. The number of carbonyl (C=O) groups is 1. The normalized spacial score (nSPS) is 27.9. The van der Waals surface area contributed by atoms with Crippen molar-refractivity contribution in [3.8, 4) is 0 Å². The van der Waals surface area contributed by atoms with Crippen LogP contribution in [-0.2, 0) is 31.7 Å². The smallest absolute Gasteiger partial charge is 0.306 e. The number of hydrogen-bond acceptors (Lipinski definition) is 7. The van der Waals surface area contributed by atoms with E-state index in [-0.39, 0.29) is 30.1 Å². The summed E-state index contributed by atoms with van der Waals surface area (Å²) in [6.45, 7) is 3.27. The average molecular weight is 415 g/mol. The summed E-state index contributed by atoms with van der Waals surface area (Å²) in [6.07, 6.45) is 1.66. The van der Waals surface area contributed by atoms with E-state index in [2.05, 4.69) is 9.97 Å². The number of alkyl halides is 2. The Labute approximate surface area is 162 Å².